The molecule has 14 heteroatoms. The normalized spacial score (nSPS) is 13.9. The molecule has 0 bridgehead atoms. The molecule has 2 aliphatic carbocycles. The SMILES string of the molecule is C.Cc1c(N)ccc(F)c1-c1cnn(C2CC2)n1.Cc1c(N)ccc(F)c1Br.OB(O)c1cnn(C2CC2)n1. The lowest BCUT2D eigenvalue weighted by Gasteiger charge is -2.06. The Morgan fingerprint density at radius 2 is 1.36 bits per heavy atom. The fourth-order valence-electron chi connectivity index (χ4n) is 3.44. The average molecular weight is 605 g/mol. The Morgan fingerprint density at radius 3 is 1.87 bits per heavy atom. The van der Waals surface area contributed by atoms with Crippen molar-refractivity contribution in [2.24, 2.45) is 0 Å². The van der Waals surface area contributed by atoms with Gasteiger partial charge in [-0.25, -0.2) is 8.78 Å². The lowest BCUT2D eigenvalue weighted by Crippen LogP contribution is -2.31. The highest BCUT2D eigenvalue weighted by Crippen LogP contribution is 2.35. The number of hydrogen-bond donors (Lipinski definition) is 4. The van der Waals surface area contributed by atoms with Gasteiger partial charge < -0.3 is 21.5 Å². The van der Waals surface area contributed by atoms with Crippen molar-refractivity contribution in [2.45, 2.75) is 59.0 Å². The number of nitrogen functional groups attached to an aromatic ring is 2. The summed E-state index contributed by atoms with van der Waals surface area (Å²) in [7, 11) is -1.50. The molecule has 0 amide bonds. The molecule has 0 aliphatic heterocycles. The van der Waals surface area contributed by atoms with E-state index in [1.807, 2.05) is 0 Å². The molecule has 0 radical (unpaired) electrons. The van der Waals surface area contributed by atoms with Crippen molar-refractivity contribution in [2.75, 3.05) is 11.5 Å². The lowest BCUT2D eigenvalue weighted by atomic mass is 9.87. The molecule has 2 aliphatic rings. The number of halogens is 3. The molecule has 2 aromatic carbocycles. The highest BCUT2D eigenvalue weighted by molar-refractivity contribution is 9.10. The Kier molecular flexibility index (Phi) is 9.80. The van der Waals surface area contributed by atoms with Crippen LogP contribution >= 0.6 is 15.9 Å². The van der Waals surface area contributed by atoms with Gasteiger partial charge in [-0.3, -0.25) is 0 Å². The Hall–Kier alpha value is -3.36. The van der Waals surface area contributed by atoms with Gasteiger partial charge in [0, 0.05) is 16.9 Å². The topological polar surface area (TPSA) is 154 Å². The molecule has 0 spiro atoms. The molecule has 2 saturated carbocycles. The Bertz CT molecular complexity index is 1380. The molecule has 2 aromatic heterocycles. The minimum Gasteiger partial charge on any atom is -0.422 e. The molecular weight excluding hydrogens is 573 g/mol. The molecular formula is C25H32BBrF2N8O2. The standard InChI is InChI=1S/C12H13FN4.C7H7BrFN.C5H8BN3O2.CH4/c1-7-10(14)5-4-9(13)12(7)11-6-15-17(16-11)8-2-3-8;1-4-6(10)3-2-5(9)7(4)8;10-6(11)5-3-7-9(8-5)4-1-2-4;/h4-6,8H,2-3,14H2,1H3;2-3H,10H2,1H3;3-4,10-11H,1-2H2;1H4. The van der Waals surface area contributed by atoms with Crippen LogP contribution in [-0.4, -0.2) is 47.2 Å². The van der Waals surface area contributed by atoms with Crippen LogP contribution in [0.25, 0.3) is 11.3 Å². The zero-order chi connectivity index (χ0) is 27.6. The van der Waals surface area contributed by atoms with E-state index in [1.165, 1.54) is 23.1 Å². The summed E-state index contributed by atoms with van der Waals surface area (Å²) < 4.78 is 26.9. The molecule has 39 heavy (non-hydrogen) atoms. The zero-order valence-electron chi connectivity index (χ0n) is 20.9. The van der Waals surface area contributed by atoms with Gasteiger partial charge >= 0.3 is 7.12 Å². The van der Waals surface area contributed by atoms with Crippen LogP contribution in [0, 0.1) is 25.5 Å². The van der Waals surface area contributed by atoms with E-state index < -0.39 is 7.12 Å². The van der Waals surface area contributed by atoms with Crippen molar-refractivity contribution in [1.29, 1.82) is 0 Å². The lowest BCUT2D eigenvalue weighted by molar-refractivity contribution is 0.423. The van der Waals surface area contributed by atoms with Gasteiger partial charge in [0.1, 0.15) is 22.9 Å². The van der Waals surface area contributed by atoms with Crippen LogP contribution in [0.15, 0.2) is 41.1 Å². The van der Waals surface area contributed by atoms with Crippen molar-refractivity contribution in [3.8, 4) is 11.3 Å². The second-order valence-electron chi connectivity index (χ2n) is 9.19. The summed E-state index contributed by atoms with van der Waals surface area (Å²) in [5, 5.41) is 33.6. The van der Waals surface area contributed by atoms with Crippen molar-refractivity contribution < 1.29 is 18.8 Å². The summed E-state index contributed by atoms with van der Waals surface area (Å²) in [6.45, 7) is 3.56. The third kappa shape index (κ3) is 7.40. The van der Waals surface area contributed by atoms with E-state index in [2.05, 4.69) is 36.3 Å². The Labute approximate surface area is 234 Å². The third-order valence-corrected chi connectivity index (χ3v) is 7.11. The molecule has 2 heterocycles. The maximum Gasteiger partial charge on any atom is 0.511 e. The number of benzene rings is 2. The van der Waals surface area contributed by atoms with Crippen LogP contribution in [0.3, 0.4) is 0 Å². The van der Waals surface area contributed by atoms with E-state index in [1.54, 1.807) is 37.0 Å². The average Bonchev–Trinajstić information content (AvgIpc) is 3.83. The predicted molar refractivity (Wildman–Crippen MR) is 151 cm³/mol. The molecule has 10 nitrogen and oxygen atoms in total. The summed E-state index contributed by atoms with van der Waals surface area (Å²) in [6.07, 6.45) is 7.37. The molecule has 6 rings (SSSR count). The van der Waals surface area contributed by atoms with Crippen LogP contribution < -0.4 is 17.1 Å². The number of aromatic nitrogens is 6. The first-order valence-electron chi connectivity index (χ1n) is 12.0. The largest absolute Gasteiger partial charge is 0.511 e. The Morgan fingerprint density at radius 1 is 0.846 bits per heavy atom. The van der Waals surface area contributed by atoms with Crippen molar-refractivity contribution >= 4 is 40.0 Å². The van der Waals surface area contributed by atoms with Gasteiger partial charge in [-0.2, -0.15) is 30.0 Å². The number of nitrogens with zero attached hydrogens (tertiary/aromatic N) is 6. The molecule has 2 fully saturated rings. The van der Waals surface area contributed by atoms with Gasteiger partial charge in [0.2, 0.25) is 0 Å². The first kappa shape index (κ1) is 30.2. The molecule has 0 unspecified atom stereocenters. The quantitative estimate of drug-likeness (QED) is 0.203. The van der Waals surface area contributed by atoms with E-state index in [4.69, 9.17) is 21.5 Å². The number of hydrogen-bond acceptors (Lipinski definition) is 8. The highest BCUT2D eigenvalue weighted by Gasteiger charge is 2.28. The molecule has 208 valence electrons. The van der Waals surface area contributed by atoms with E-state index in [0.717, 1.165) is 31.2 Å². The van der Waals surface area contributed by atoms with Crippen molar-refractivity contribution in [3.05, 3.63) is 63.9 Å². The van der Waals surface area contributed by atoms with Gasteiger partial charge in [0.15, 0.2) is 0 Å². The van der Waals surface area contributed by atoms with Crippen LogP contribution in [-0.2, 0) is 0 Å². The number of anilines is 2. The van der Waals surface area contributed by atoms with Crippen molar-refractivity contribution in [3.63, 3.8) is 0 Å². The fourth-order valence-corrected chi connectivity index (χ4v) is 3.80. The molecule has 4 aromatic rings. The third-order valence-electron chi connectivity index (χ3n) is 6.14. The second-order valence-corrected chi connectivity index (χ2v) is 9.98. The fraction of sp³-hybridized carbons (Fsp3) is 0.360. The van der Waals surface area contributed by atoms with E-state index in [9.17, 15) is 8.78 Å². The minimum atomic E-state index is -1.50. The maximum absolute atomic E-state index is 13.8. The van der Waals surface area contributed by atoms with Crippen LogP contribution in [0.1, 0.15) is 56.3 Å². The van der Waals surface area contributed by atoms with Crippen molar-refractivity contribution in [1.82, 2.24) is 30.0 Å². The molecule has 0 saturated heterocycles. The Balaban J connectivity index is 0.000000168. The molecule has 0 atom stereocenters. The van der Waals surface area contributed by atoms with Gasteiger partial charge in [0.25, 0.3) is 0 Å². The van der Waals surface area contributed by atoms with Gasteiger partial charge in [-0.05, 0) is 90.9 Å². The van der Waals surface area contributed by atoms with Gasteiger partial charge in [-0.15, -0.1) is 0 Å². The zero-order valence-corrected chi connectivity index (χ0v) is 22.5. The summed E-state index contributed by atoms with van der Waals surface area (Å²) in [4.78, 5) is 3.20. The van der Waals surface area contributed by atoms with Gasteiger partial charge in [-0.1, -0.05) is 7.43 Å². The first-order chi connectivity index (χ1) is 18.1. The van der Waals surface area contributed by atoms with Gasteiger partial charge in [0.05, 0.1) is 29.0 Å². The highest BCUT2D eigenvalue weighted by atomic mass is 79.9. The maximum atomic E-state index is 13.8. The van der Waals surface area contributed by atoms with E-state index >= 15 is 0 Å². The van der Waals surface area contributed by atoms with Crippen LogP contribution in [0.4, 0.5) is 20.2 Å². The summed E-state index contributed by atoms with van der Waals surface area (Å²) >= 11 is 3.07. The monoisotopic (exact) mass is 604 g/mol. The van der Waals surface area contributed by atoms with E-state index in [-0.39, 0.29) is 24.7 Å². The molecule has 6 N–H and O–H groups in total. The smallest absolute Gasteiger partial charge is 0.422 e. The number of nitrogens with two attached hydrogens (primary N) is 2. The minimum absolute atomic E-state index is 0. The van der Waals surface area contributed by atoms with E-state index in [0.29, 0.717) is 44.8 Å². The summed E-state index contributed by atoms with van der Waals surface area (Å²) in [5.41, 5.74) is 15.1. The van der Waals surface area contributed by atoms with Crippen LogP contribution in [0.2, 0.25) is 0 Å². The summed E-state index contributed by atoms with van der Waals surface area (Å²) in [6, 6.07) is 6.62. The summed E-state index contributed by atoms with van der Waals surface area (Å²) in [5.74, 6) is -0.578. The number of rotatable bonds is 4. The predicted octanol–water partition coefficient (Wildman–Crippen LogP) is 3.72. The first-order valence-corrected chi connectivity index (χ1v) is 12.8. The second kappa shape index (κ2) is 12.7. The van der Waals surface area contributed by atoms with Crippen LogP contribution in [0.5, 0.6) is 0 Å².